The van der Waals surface area contributed by atoms with Gasteiger partial charge in [-0.05, 0) is 24.6 Å². The Morgan fingerprint density at radius 1 is 1.14 bits per heavy atom. The van der Waals surface area contributed by atoms with E-state index < -0.39 is 0 Å². The summed E-state index contributed by atoms with van der Waals surface area (Å²) < 4.78 is 15.5. The zero-order valence-corrected chi connectivity index (χ0v) is 12.1. The number of ketones is 1. The molecule has 21 heavy (non-hydrogen) atoms. The number of carbonyl (C=O) groups is 1. The van der Waals surface area contributed by atoms with E-state index in [1.54, 1.807) is 18.3 Å². The van der Waals surface area contributed by atoms with Crippen molar-refractivity contribution in [3.63, 3.8) is 0 Å². The van der Waals surface area contributed by atoms with E-state index in [0.29, 0.717) is 11.6 Å². The summed E-state index contributed by atoms with van der Waals surface area (Å²) in [6, 6.07) is 7.51. The van der Waals surface area contributed by atoms with Crippen LogP contribution in [0.15, 0.2) is 30.5 Å². The van der Waals surface area contributed by atoms with E-state index >= 15 is 0 Å². The Kier molecular flexibility index (Phi) is 4.71. The molecule has 0 bridgehead atoms. The number of hydrogen-bond donors (Lipinski definition) is 0. The van der Waals surface area contributed by atoms with Gasteiger partial charge in [0.05, 0.1) is 19.8 Å². The van der Waals surface area contributed by atoms with Crippen LogP contribution in [0, 0.1) is 0 Å². The third kappa shape index (κ3) is 3.68. The summed E-state index contributed by atoms with van der Waals surface area (Å²) >= 11 is 0. The molecule has 110 valence electrons. The molecule has 6 heteroatoms. The van der Waals surface area contributed by atoms with Crippen molar-refractivity contribution in [2.75, 3.05) is 20.8 Å². The third-order valence-corrected chi connectivity index (χ3v) is 2.72. The van der Waals surface area contributed by atoms with Crippen molar-refractivity contribution in [3.05, 3.63) is 30.5 Å². The highest BCUT2D eigenvalue weighted by Crippen LogP contribution is 2.29. The van der Waals surface area contributed by atoms with Crippen LogP contribution in [0.3, 0.4) is 0 Å². The molecule has 0 saturated heterocycles. The first kappa shape index (κ1) is 14.8. The van der Waals surface area contributed by atoms with E-state index in [0.717, 1.165) is 11.1 Å². The summed E-state index contributed by atoms with van der Waals surface area (Å²) in [5, 5.41) is 0. The molecule has 2 aromatic rings. The Labute approximate surface area is 122 Å². The summed E-state index contributed by atoms with van der Waals surface area (Å²) in [6.07, 6.45) is 1.64. The highest BCUT2D eigenvalue weighted by atomic mass is 16.5. The second-order valence-electron chi connectivity index (χ2n) is 4.29. The molecular weight excluding hydrogens is 272 g/mol. The number of methoxy groups -OCH3 is 2. The van der Waals surface area contributed by atoms with Crippen LogP contribution in [-0.2, 0) is 4.79 Å². The lowest BCUT2D eigenvalue weighted by atomic mass is 10.1. The first-order valence-electron chi connectivity index (χ1n) is 6.31. The lowest BCUT2D eigenvalue weighted by Gasteiger charge is -2.09. The van der Waals surface area contributed by atoms with Crippen molar-refractivity contribution in [2.45, 2.75) is 6.92 Å². The fourth-order valence-corrected chi connectivity index (χ4v) is 1.72. The van der Waals surface area contributed by atoms with E-state index in [9.17, 15) is 4.79 Å². The van der Waals surface area contributed by atoms with Gasteiger partial charge in [-0.1, -0.05) is 12.1 Å². The fraction of sp³-hybridized carbons (Fsp3) is 0.267. The molecule has 0 N–H and O–H groups in total. The van der Waals surface area contributed by atoms with Gasteiger partial charge < -0.3 is 14.2 Å². The van der Waals surface area contributed by atoms with E-state index in [-0.39, 0.29) is 18.4 Å². The normalized spacial score (nSPS) is 10.0. The van der Waals surface area contributed by atoms with Crippen LogP contribution >= 0.6 is 0 Å². The second kappa shape index (κ2) is 6.69. The van der Waals surface area contributed by atoms with Gasteiger partial charge in [-0.3, -0.25) is 4.79 Å². The molecule has 2 rings (SSSR count). The minimum absolute atomic E-state index is 0.0238. The number of rotatable bonds is 6. The molecule has 0 unspecified atom stereocenters. The molecule has 0 fully saturated rings. The van der Waals surface area contributed by atoms with Crippen LogP contribution in [0.1, 0.15) is 6.92 Å². The Bertz CT molecular complexity index is 626. The Morgan fingerprint density at radius 3 is 2.43 bits per heavy atom. The van der Waals surface area contributed by atoms with E-state index in [1.165, 1.54) is 21.1 Å². The SMILES string of the molecule is COc1ncc(-c2ccc(OCC(C)=O)cc2)c(OC)n1. The van der Waals surface area contributed by atoms with Crippen molar-refractivity contribution >= 4 is 5.78 Å². The van der Waals surface area contributed by atoms with E-state index in [1.807, 2.05) is 12.1 Å². The van der Waals surface area contributed by atoms with Gasteiger partial charge in [-0.25, -0.2) is 4.98 Å². The maximum atomic E-state index is 10.9. The van der Waals surface area contributed by atoms with Crippen LogP contribution in [0.25, 0.3) is 11.1 Å². The Balaban J connectivity index is 2.24. The summed E-state index contributed by atoms with van der Waals surface area (Å²) in [4.78, 5) is 19.1. The van der Waals surface area contributed by atoms with Crippen LogP contribution in [0.2, 0.25) is 0 Å². The lowest BCUT2D eigenvalue weighted by Crippen LogP contribution is -2.06. The molecule has 0 aliphatic heterocycles. The molecule has 0 spiro atoms. The van der Waals surface area contributed by atoms with Crippen molar-refractivity contribution in [3.8, 4) is 28.8 Å². The summed E-state index contributed by atoms with van der Waals surface area (Å²) in [5.74, 6) is 1.03. The van der Waals surface area contributed by atoms with Gasteiger partial charge in [-0.15, -0.1) is 0 Å². The molecule has 0 amide bonds. The maximum absolute atomic E-state index is 10.9. The van der Waals surface area contributed by atoms with Crippen molar-refractivity contribution in [1.29, 1.82) is 0 Å². The van der Waals surface area contributed by atoms with Crippen LogP contribution in [0.5, 0.6) is 17.6 Å². The number of ether oxygens (including phenoxy) is 3. The zero-order valence-electron chi connectivity index (χ0n) is 12.1. The minimum atomic E-state index is -0.0238. The minimum Gasteiger partial charge on any atom is -0.486 e. The maximum Gasteiger partial charge on any atom is 0.319 e. The lowest BCUT2D eigenvalue weighted by molar-refractivity contribution is -0.118. The molecular formula is C15H16N2O4. The van der Waals surface area contributed by atoms with Crippen LogP contribution in [-0.4, -0.2) is 36.6 Å². The van der Waals surface area contributed by atoms with Gasteiger partial charge in [0.15, 0.2) is 5.78 Å². The largest absolute Gasteiger partial charge is 0.486 e. The molecule has 0 aliphatic rings. The van der Waals surface area contributed by atoms with Gasteiger partial charge in [0.1, 0.15) is 12.4 Å². The topological polar surface area (TPSA) is 70.5 Å². The molecule has 1 aromatic carbocycles. The zero-order chi connectivity index (χ0) is 15.2. The molecule has 0 aliphatic carbocycles. The number of carbonyl (C=O) groups excluding carboxylic acids is 1. The van der Waals surface area contributed by atoms with E-state index in [4.69, 9.17) is 14.2 Å². The molecule has 0 saturated carbocycles. The average Bonchev–Trinajstić information content (AvgIpc) is 2.52. The Morgan fingerprint density at radius 2 is 1.86 bits per heavy atom. The quantitative estimate of drug-likeness (QED) is 0.811. The smallest absolute Gasteiger partial charge is 0.319 e. The summed E-state index contributed by atoms with van der Waals surface area (Å²) in [6.45, 7) is 1.54. The van der Waals surface area contributed by atoms with Crippen molar-refractivity contribution in [1.82, 2.24) is 9.97 Å². The van der Waals surface area contributed by atoms with Gasteiger partial charge in [-0.2, -0.15) is 4.98 Å². The van der Waals surface area contributed by atoms with Crippen molar-refractivity contribution in [2.24, 2.45) is 0 Å². The van der Waals surface area contributed by atoms with Gasteiger partial charge in [0.25, 0.3) is 0 Å². The highest BCUT2D eigenvalue weighted by Gasteiger charge is 2.10. The Hall–Kier alpha value is -2.63. The van der Waals surface area contributed by atoms with Crippen LogP contribution < -0.4 is 14.2 Å². The summed E-state index contributed by atoms with van der Waals surface area (Å²) in [5.41, 5.74) is 1.63. The molecule has 1 aromatic heterocycles. The highest BCUT2D eigenvalue weighted by molar-refractivity contribution is 5.77. The fourth-order valence-electron chi connectivity index (χ4n) is 1.72. The number of nitrogens with zero attached hydrogens (tertiary/aromatic N) is 2. The summed E-state index contributed by atoms with van der Waals surface area (Å²) in [7, 11) is 3.03. The van der Waals surface area contributed by atoms with Crippen molar-refractivity contribution < 1.29 is 19.0 Å². The first-order valence-corrected chi connectivity index (χ1v) is 6.31. The molecule has 0 atom stereocenters. The third-order valence-electron chi connectivity index (χ3n) is 2.72. The number of hydrogen-bond acceptors (Lipinski definition) is 6. The number of aromatic nitrogens is 2. The number of Topliss-reactive ketones (excluding diaryl/α,β-unsaturated/α-hetero) is 1. The van der Waals surface area contributed by atoms with E-state index in [2.05, 4.69) is 9.97 Å². The first-order chi connectivity index (χ1) is 10.1. The van der Waals surface area contributed by atoms with Crippen LogP contribution in [0.4, 0.5) is 0 Å². The molecule has 1 heterocycles. The average molecular weight is 288 g/mol. The second-order valence-corrected chi connectivity index (χ2v) is 4.29. The molecule has 6 nitrogen and oxygen atoms in total. The van der Waals surface area contributed by atoms with Gasteiger partial charge >= 0.3 is 6.01 Å². The standard InChI is InChI=1S/C15H16N2O4/c1-10(18)9-21-12-6-4-11(5-7-12)13-8-16-15(20-3)17-14(13)19-2/h4-8H,9H2,1-3H3. The van der Waals surface area contributed by atoms with Gasteiger partial charge in [0, 0.05) is 6.20 Å². The number of benzene rings is 1. The predicted octanol–water partition coefficient (Wildman–Crippen LogP) is 2.13. The van der Waals surface area contributed by atoms with Gasteiger partial charge in [0.2, 0.25) is 5.88 Å². The predicted molar refractivity (Wildman–Crippen MR) is 76.7 cm³/mol. The monoisotopic (exact) mass is 288 g/mol. The molecule has 0 radical (unpaired) electrons.